The van der Waals surface area contributed by atoms with E-state index in [2.05, 4.69) is 4.18 Å². The molecule has 1 aliphatic heterocycles. The lowest BCUT2D eigenvalue weighted by atomic mass is 9.86. The average Bonchev–Trinajstić information content (AvgIpc) is 3.18. The van der Waals surface area contributed by atoms with Crippen molar-refractivity contribution in [2.45, 2.75) is 56.7 Å². The summed E-state index contributed by atoms with van der Waals surface area (Å²) in [6.07, 6.45) is -0.966. The third-order valence-corrected chi connectivity index (χ3v) is 7.42. The number of fused-ring (bicyclic) bond motifs is 1. The highest BCUT2D eigenvalue weighted by atomic mass is 32.2. The van der Waals surface area contributed by atoms with Crippen molar-refractivity contribution in [3.8, 4) is 5.75 Å². The summed E-state index contributed by atoms with van der Waals surface area (Å²) in [4.78, 5) is 29.9. The molecular formula is C27H29F3N2O7S. The number of carbonyl (C=O) groups is 2. The van der Waals surface area contributed by atoms with Crippen molar-refractivity contribution >= 4 is 27.6 Å². The number of likely N-dealkylation sites (N-methyl/N-ethyl adjacent to an activating group) is 1. The van der Waals surface area contributed by atoms with Gasteiger partial charge in [-0.05, 0) is 31.5 Å². The number of rotatable bonds is 7. The number of anilines is 1. The van der Waals surface area contributed by atoms with Crippen molar-refractivity contribution in [3.63, 3.8) is 0 Å². The van der Waals surface area contributed by atoms with Gasteiger partial charge in [-0.25, -0.2) is 0 Å². The molecule has 0 aromatic heterocycles. The Morgan fingerprint density at radius 2 is 1.45 bits per heavy atom. The van der Waals surface area contributed by atoms with Gasteiger partial charge >= 0.3 is 15.6 Å². The van der Waals surface area contributed by atoms with Gasteiger partial charge in [-0.1, -0.05) is 42.5 Å². The summed E-state index contributed by atoms with van der Waals surface area (Å²) in [6.45, 7) is 3.28. The van der Waals surface area contributed by atoms with Gasteiger partial charge < -0.3 is 23.5 Å². The minimum absolute atomic E-state index is 0.00297. The molecule has 0 N–H and O–H groups in total. The lowest BCUT2D eigenvalue weighted by Crippen LogP contribution is -2.41. The Balaban J connectivity index is 1.83. The standard InChI is InChI=1S/C27H29F3N2O7S/c1-26(2)37-22-14-18(24(33)31(3)4)19(15-23(22)38-26)25(34)32(16-17-10-6-5-7-11-17)20-12-8-9-13-21(20)39-40(35,36)27(28,29)30/h5-13,22-23H,14-16H2,1-4H3/t22-,23-/m1/s1. The number of alkyl halides is 3. The SMILES string of the molecule is CN(C)C(=O)C1=C(C(=O)N(Cc2ccccc2)c2ccccc2OS(=O)(=O)C(F)(F)F)C[C@H]2OC(C)(C)O[C@@H]2C1. The molecule has 2 amide bonds. The Hall–Kier alpha value is -3.42. The Morgan fingerprint density at radius 1 is 0.925 bits per heavy atom. The summed E-state index contributed by atoms with van der Waals surface area (Å²) in [5.41, 5.74) is -5.05. The second kappa shape index (κ2) is 10.9. The predicted octanol–water partition coefficient (Wildman–Crippen LogP) is 4.15. The van der Waals surface area contributed by atoms with Crippen LogP contribution in [-0.4, -0.2) is 62.7 Å². The van der Waals surface area contributed by atoms with E-state index in [9.17, 15) is 31.2 Å². The van der Waals surface area contributed by atoms with E-state index in [1.807, 2.05) is 0 Å². The smallest absolute Gasteiger partial charge is 0.374 e. The number of benzene rings is 2. The molecule has 0 radical (unpaired) electrons. The summed E-state index contributed by atoms with van der Waals surface area (Å²) in [6, 6.07) is 13.6. The number of carbonyl (C=O) groups excluding carboxylic acids is 2. The number of hydrogen-bond donors (Lipinski definition) is 0. The highest BCUT2D eigenvalue weighted by molar-refractivity contribution is 7.88. The molecule has 2 aromatic carbocycles. The van der Waals surface area contributed by atoms with E-state index in [0.717, 1.165) is 11.0 Å². The van der Waals surface area contributed by atoms with Crippen LogP contribution in [0.3, 0.4) is 0 Å². The Bertz CT molecular complexity index is 1420. The highest BCUT2D eigenvalue weighted by Gasteiger charge is 2.50. The van der Waals surface area contributed by atoms with Gasteiger partial charge in [0.25, 0.3) is 5.91 Å². The third-order valence-electron chi connectivity index (χ3n) is 6.45. The van der Waals surface area contributed by atoms with Crippen LogP contribution in [0.5, 0.6) is 5.75 Å². The molecule has 0 spiro atoms. The summed E-state index contributed by atoms with van der Waals surface area (Å²) >= 11 is 0. The van der Waals surface area contributed by atoms with Crippen LogP contribution in [-0.2, 0) is 35.7 Å². The molecular weight excluding hydrogens is 553 g/mol. The van der Waals surface area contributed by atoms with Gasteiger partial charge in [0, 0.05) is 38.1 Å². The van der Waals surface area contributed by atoms with Gasteiger partial charge in [0.15, 0.2) is 11.5 Å². The van der Waals surface area contributed by atoms with E-state index in [0.29, 0.717) is 5.56 Å². The summed E-state index contributed by atoms with van der Waals surface area (Å²) in [5, 5.41) is 0. The molecule has 0 bridgehead atoms. The summed E-state index contributed by atoms with van der Waals surface area (Å²) < 4.78 is 79.7. The van der Waals surface area contributed by atoms with Crippen molar-refractivity contribution in [1.82, 2.24) is 4.90 Å². The normalized spacial score (nSPS) is 20.6. The molecule has 1 fully saturated rings. The fraction of sp³-hybridized carbons (Fsp3) is 0.407. The number of nitrogens with zero attached hydrogens (tertiary/aromatic N) is 2. The second-order valence-corrected chi connectivity index (χ2v) is 11.6. The zero-order valence-corrected chi connectivity index (χ0v) is 23.1. The maximum absolute atomic E-state index is 14.3. The molecule has 9 nitrogen and oxygen atoms in total. The van der Waals surface area contributed by atoms with E-state index in [-0.39, 0.29) is 36.2 Å². The first-order valence-corrected chi connectivity index (χ1v) is 13.8. The van der Waals surface area contributed by atoms with E-state index in [1.54, 1.807) is 44.2 Å². The molecule has 1 saturated heterocycles. The van der Waals surface area contributed by atoms with E-state index < -0.39 is 51.2 Å². The molecule has 2 atom stereocenters. The fourth-order valence-corrected chi connectivity index (χ4v) is 5.19. The largest absolute Gasteiger partial charge is 0.534 e. The summed E-state index contributed by atoms with van der Waals surface area (Å²) in [5.74, 6) is -2.78. The highest BCUT2D eigenvalue weighted by Crippen LogP contribution is 2.42. The second-order valence-electron chi connectivity index (χ2n) is 10.1. The topological polar surface area (TPSA) is 102 Å². The lowest BCUT2D eigenvalue weighted by molar-refractivity contribution is -0.145. The Kier molecular flexibility index (Phi) is 8.03. The Morgan fingerprint density at radius 3 is 2.00 bits per heavy atom. The molecule has 13 heteroatoms. The van der Waals surface area contributed by atoms with Crippen LogP contribution in [0.25, 0.3) is 0 Å². The fourth-order valence-electron chi connectivity index (χ4n) is 4.72. The molecule has 2 aliphatic rings. The lowest BCUT2D eigenvalue weighted by Gasteiger charge is -2.32. The van der Waals surface area contributed by atoms with E-state index in [4.69, 9.17) is 9.47 Å². The van der Waals surface area contributed by atoms with E-state index >= 15 is 0 Å². The van der Waals surface area contributed by atoms with Crippen LogP contribution in [0.2, 0.25) is 0 Å². The van der Waals surface area contributed by atoms with Crippen LogP contribution < -0.4 is 9.08 Å². The van der Waals surface area contributed by atoms with Gasteiger partial charge in [-0.3, -0.25) is 9.59 Å². The van der Waals surface area contributed by atoms with Crippen LogP contribution in [0.15, 0.2) is 65.7 Å². The summed E-state index contributed by atoms with van der Waals surface area (Å²) in [7, 11) is -2.97. The van der Waals surface area contributed by atoms with Crippen LogP contribution >= 0.6 is 0 Å². The van der Waals surface area contributed by atoms with Crippen LogP contribution in [0, 0.1) is 0 Å². The van der Waals surface area contributed by atoms with Gasteiger partial charge in [0.1, 0.15) is 0 Å². The molecule has 0 saturated carbocycles. The van der Waals surface area contributed by atoms with Gasteiger partial charge in [0.2, 0.25) is 5.91 Å². The zero-order chi connectivity index (χ0) is 29.5. The number of ether oxygens (including phenoxy) is 2. The van der Waals surface area contributed by atoms with Crippen molar-refractivity contribution < 1.29 is 44.8 Å². The number of amides is 2. The third kappa shape index (κ3) is 6.16. The van der Waals surface area contributed by atoms with Crippen LogP contribution in [0.1, 0.15) is 32.3 Å². The first-order chi connectivity index (χ1) is 18.6. The number of halogens is 3. The van der Waals surface area contributed by atoms with E-state index in [1.165, 1.54) is 37.2 Å². The quantitative estimate of drug-likeness (QED) is 0.357. The van der Waals surface area contributed by atoms with Gasteiger partial charge in [-0.2, -0.15) is 21.6 Å². The maximum atomic E-state index is 14.3. The monoisotopic (exact) mass is 582 g/mol. The molecule has 40 heavy (non-hydrogen) atoms. The molecule has 216 valence electrons. The molecule has 1 heterocycles. The van der Waals surface area contributed by atoms with Crippen LogP contribution in [0.4, 0.5) is 18.9 Å². The first-order valence-electron chi connectivity index (χ1n) is 12.3. The predicted molar refractivity (Wildman–Crippen MR) is 138 cm³/mol. The number of hydrogen-bond acceptors (Lipinski definition) is 7. The zero-order valence-electron chi connectivity index (χ0n) is 22.3. The minimum atomic E-state index is -6.04. The molecule has 0 unspecified atom stereocenters. The first kappa shape index (κ1) is 29.6. The molecule has 1 aliphatic carbocycles. The van der Waals surface area contributed by atoms with Crippen molar-refractivity contribution in [2.75, 3.05) is 19.0 Å². The van der Waals surface area contributed by atoms with Gasteiger partial charge in [0.05, 0.1) is 24.4 Å². The Labute approximate surface area is 230 Å². The average molecular weight is 583 g/mol. The van der Waals surface area contributed by atoms with Crippen molar-refractivity contribution in [1.29, 1.82) is 0 Å². The van der Waals surface area contributed by atoms with Crippen molar-refractivity contribution in [2.24, 2.45) is 0 Å². The molecule has 2 aromatic rings. The number of para-hydroxylation sites is 2. The molecule has 4 rings (SSSR count). The van der Waals surface area contributed by atoms with Crippen molar-refractivity contribution in [3.05, 3.63) is 71.3 Å². The van der Waals surface area contributed by atoms with Gasteiger partial charge in [-0.15, -0.1) is 0 Å². The maximum Gasteiger partial charge on any atom is 0.534 e. The minimum Gasteiger partial charge on any atom is -0.374 e.